The maximum absolute atomic E-state index is 5.77. The fraction of sp³-hybridized carbons (Fsp3) is 0.571. The minimum absolute atomic E-state index is 0.350. The van der Waals surface area contributed by atoms with Crippen LogP contribution in [-0.2, 0) is 6.42 Å². The number of anilines is 2. The Hall–Kier alpha value is -1.36. The number of nitrogens with one attached hydrogen (secondary N) is 1. The van der Waals surface area contributed by atoms with Gasteiger partial charge in [-0.15, -0.1) is 11.3 Å². The number of nitrogens with zero attached hydrogens (tertiary/aromatic N) is 2. The average molecular weight is 278 g/mol. The van der Waals surface area contributed by atoms with Crippen molar-refractivity contribution in [2.75, 3.05) is 17.6 Å². The first-order chi connectivity index (χ1) is 9.10. The minimum Gasteiger partial charge on any atom is -0.369 e. The van der Waals surface area contributed by atoms with Crippen LogP contribution in [0.2, 0.25) is 0 Å². The lowest BCUT2D eigenvalue weighted by molar-refractivity contribution is 0.567. The molecular formula is C14H22N4S. The molecule has 0 aliphatic rings. The van der Waals surface area contributed by atoms with E-state index < -0.39 is 0 Å². The van der Waals surface area contributed by atoms with Crippen molar-refractivity contribution in [1.82, 2.24) is 9.97 Å². The van der Waals surface area contributed by atoms with E-state index in [1.165, 1.54) is 11.3 Å². The van der Waals surface area contributed by atoms with Gasteiger partial charge in [0, 0.05) is 11.4 Å². The monoisotopic (exact) mass is 278 g/mol. The van der Waals surface area contributed by atoms with Crippen LogP contribution in [0.1, 0.15) is 38.5 Å². The van der Waals surface area contributed by atoms with Crippen molar-refractivity contribution in [1.29, 1.82) is 0 Å². The standard InChI is InChI=1S/C14H22N4S/c1-4-10-8-11-12(16-7-5-6-9(2)3)17-14(15)18-13(11)19-10/h8-9H,4-7H2,1-3H3,(H3,15,16,17,18). The SMILES string of the molecule is CCc1cc2c(NCCCC(C)C)nc(N)nc2s1. The predicted octanol–water partition coefficient (Wildman–Crippen LogP) is 3.68. The Balaban J connectivity index is 2.14. The molecular weight excluding hydrogens is 256 g/mol. The Morgan fingerprint density at radius 2 is 2.16 bits per heavy atom. The number of hydrogen-bond donors (Lipinski definition) is 2. The summed E-state index contributed by atoms with van der Waals surface area (Å²) in [6.45, 7) is 7.57. The van der Waals surface area contributed by atoms with Crippen molar-refractivity contribution in [2.45, 2.75) is 40.0 Å². The normalized spacial score (nSPS) is 11.4. The molecule has 0 aromatic carbocycles. The topological polar surface area (TPSA) is 63.8 Å². The van der Waals surface area contributed by atoms with Crippen LogP contribution in [0.5, 0.6) is 0 Å². The summed E-state index contributed by atoms with van der Waals surface area (Å²) in [6, 6.07) is 2.17. The lowest BCUT2D eigenvalue weighted by Gasteiger charge is -2.08. The van der Waals surface area contributed by atoms with Gasteiger partial charge >= 0.3 is 0 Å². The third-order valence-electron chi connectivity index (χ3n) is 3.06. The summed E-state index contributed by atoms with van der Waals surface area (Å²) in [5.74, 6) is 1.97. The van der Waals surface area contributed by atoms with E-state index in [0.717, 1.165) is 41.3 Å². The van der Waals surface area contributed by atoms with Crippen LogP contribution in [0.15, 0.2) is 6.07 Å². The first kappa shape index (κ1) is 14.1. The number of fused-ring (bicyclic) bond motifs is 1. The molecule has 0 aliphatic heterocycles. The van der Waals surface area contributed by atoms with Crippen molar-refractivity contribution in [3.8, 4) is 0 Å². The Morgan fingerprint density at radius 1 is 1.37 bits per heavy atom. The van der Waals surface area contributed by atoms with Crippen molar-refractivity contribution in [3.05, 3.63) is 10.9 Å². The summed E-state index contributed by atoms with van der Waals surface area (Å²) >= 11 is 1.70. The van der Waals surface area contributed by atoms with E-state index in [4.69, 9.17) is 5.73 Å². The molecule has 0 saturated heterocycles. The number of aromatic nitrogens is 2. The fourth-order valence-corrected chi connectivity index (χ4v) is 2.99. The maximum Gasteiger partial charge on any atom is 0.223 e. The van der Waals surface area contributed by atoms with Gasteiger partial charge in [-0.3, -0.25) is 0 Å². The molecule has 104 valence electrons. The minimum atomic E-state index is 0.350. The van der Waals surface area contributed by atoms with Crippen molar-refractivity contribution in [3.63, 3.8) is 0 Å². The van der Waals surface area contributed by atoms with Crippen LogP contribution in [-0.4, -0.2) is 16.5 Å². The maximum atomic E-state index is 5.77. The molecule has 2 aromatic heterocycles. The molecule has 0 saturated carbocycles. The zero-order valence-electron chi connectivity index (χ0n) is 11.9. The molecule has 2 rings (SSSR count). The van der Waals surface area contributed by atoms with Gasteiger partial charge in [0.15, 0.2) is 0 Å². The van der Waals surface area contributed by atoms with Crippen LogP contribution >= 0.6 is 11.3 Å². The highest BCUT2D eigenvalue weighted by molar-refractivity contribution is 7.18. The highest BCUT2D eigenvalue weighted by Crippen LogP contribution is 2.29. The number of aryl methyl sites for hydroxylation is 1. The molecule has 0 spiro atoms. The summed E-state index contributed by atoms with van der Waals surface area (Å²) in [7, 11) is 0. The van der Waals surface area contributed by atoms with Crippen LogP contribution in [0.4, 0.5) is 11.8 Å². The van der Waals surface area contributed by atoms with Crippen molar-refractivity contribution < 1.29 is 0 Å². The number of nitrogen functional groups attached to an aromatic ring is 1. The Kier molecular flexibility index (Phi) is 4.58. The van der Waals surface area contributed by atoms with Gasteiger partial charge in [0.05, 0.1) is 5.39 Å². The van der Waals surface area contributed by atoms with Gasteiger partial charge in [-0.25, -0.2) is 4.98 Å². The van der Waals surface area contributed by atoms with E-state index in [1.54, 1.807) is 11.3 Å². The molecule has 19 heavy (non-hydrogen) atoms. The molecule has 0 aliphatic carbocycles. The molecule has 5 heteroatoms. The highest BCUT2D eigenvalue weighted by Gasteiger charge is 2.09. The lowest BCUT2D eigenvalue weighted by atomic mass is 10.1. The first-order valence-corrected chi connectivity index (χ1v) is 7.71. The van der Waals surface area contributed by atoms with E-state index in [1.807, 2.05) is 0 Å². The van der Waals surface area contributed by atoms with Crippen LogP contribution < -0.4 is 11.1 Å². The van der Waals surface area contributed by atoms with Crippen LogP contribution in [0.25, 0.3) is 10.2 Å². The van der Waals surface area contributed by atoms with E-state index >= 15 is 0 Å². The Morgan fingerprint density at radius 3 is 2.84 bits per heavy atom. The van der Waals surface area contributed by atoms with Gasteiger partial charge in [0.1, 0.15) is 10.6 Å². The van der Waals surface area contributed by atoms with Gasteiger partial charge in [0.2, 0.25) is 5.95 Å². The van der Waals surface area contributed by atoms with E-state index in [2.05, 4.69) is 42.1 Å². The summed E-state index contributed by atoms with van der Waals surface area (Å²) in [4.78, 5) is 10.9. The third-order valence-corrected chi connectivity index (χ3v) is 4.23. The number of rotatable bonds is 6. The molecule has 0 fully saturated rings. The van der Waals surface area contributed by atoms with Gasteiger partial charge in [-0.2, -0.15) is 4.98 Å². The molecule has 4 nitrogen and oxygen atoms in total. The summed E-state index contributed by atoms with van der Waals surface area (Å²) in [5.41, 5.74) is 5.77. The second-order valence-electron chi connectivity index (χ2n) is 5.18. The van der Waals surface area contributed by atoms with Crippen LogP contribution in [0.3, 0.4) is 0 Å². The molecule has 0 radical (unpaired) electrons. The zero-order valence-corrected chi connectivity index (χ0v) is 12.7. The molecule has 0 atom stereocenters. The van der Waals surface area contributed by atoms with Gasteiger partial charge < -0.3 is 11.1 Å². The first-order valence-electron chi connectivity index (χ1n) is 6.90. The number of hydrogen-bond acceptors (Lipinski definition) is 5. The van der Waals surface area contributed by atoms with Gasteiger partial charge in [0.25, 0.3) is 0 Å². The van der Waals surface area contributed by atoms with E-state index in [9.17, 15) is 0 Å². The second-order valence-corrected chi connectivity index (χ2v) is 6.29. The summed E-state index contributed by atoms with van der Waals surface area (Å²) in [6.07, 6.45) is 3.39. The summed E-state index contributed by atoms with van der Waals surface area (Å²) in [5, 5.41) is 4.49. The smallest absolute Gasteiger partial charge is 0.223 e. The molecule has 0 bridgehead atoms. The number of thiophene rings is 1. The lowest BCUT2D eigenvalue weighted by Crippen LogP contribution is -2.07. The van der Waals surface area contributed by atoms with Crippen molar-refractivity contribution >= 4 is 33.3 Å². The van der Waals surface area contributed by atoms with E-state index in [0.29, 0.717) is 5.95 Å². The molecule has 2 heterocycles. The predicted molar refractivity (Wildman–Crippen MR) is 83.8 cm³/mol. The van der Waals surface area contributed by atoms with Gasteiger partial charge in [-0.1, -0.05) is 20.8 Å². The second kappa shape index (κ2) is 6.19. The summed E-state index contributed by atoms with van der Waals surface area (Å²) < 4.78 is 0. The zero-order chi connectivity index (χ0) is 13.8. The quantitative estimate of drug-likeness (QED) is 0.791. The molecule has 3 N–H and O–H groups in total. The highest BCUT2D eigenvalue weighted by atomic mass is 32.1. The molecule has 0 unspecified atom stereocenters. The Labute approximate surface area is 118 Å². The fourth-order valence-electron chi connectivity index (χ4n) is 2.01. The third kappa shape index (κ3) is 3.56. The number of nitrogens with two attached hydrogens (primary N) is 1. The largest absolute Gasteiger partial charge is 0.369 e. The Bertz CT molecular complexity index is 548. The molecule has 0 amide bonds. The van der Waals surface area contributed by atoms with Crippen molar-refractivity contribution in [2.24, 2.45) is 5.92 Å². The van der Waals surface area contributed by atoms with E-state index in [-0.39, 0.29) is 0 Å². The average Bonchev–Trinajstić information content (AvgIpc) is 2.77. The van der Waals surface area contributed by atoms with Crippen LogP contribution in [0, 0.1) is 5.92 Å². The molecule has 2 aromatic rings. The van der Waals surface area contributed by atoms with Gasteiger partial charge in [-0.05, 0) is 31.2 Å².